The molecule has 18 heavy (non-hydrogen) atoms. The number of hydrogen-bond acceptors (Lipinski definition) is 4. The third-order valence-corrected chi connectivity index (χ3v) is 5.13. The minimum Gasteiger partial charge on any atom is -0.452 e. The Hall–Kier alpha value is -0.850. The molecule has 1 saturated heterocycles. The normalized spacial score (nSPS) is 19.2. The van der Waals surface area contributed by atoms with Crippen LogP contribution in [-0.4, -0.2) is 38.9 Å². The lowest BCUT2D eigenvalue weighted by atomic mass is 9.98. The molecule has 0 aliphatic carbocycles. The fourth-order valence-corrected chi connectivity index (χ4v) is 3.61. The average molecular weight is 272 g/mol. The van der Waals surface area contributed by atoms with E-state index in [2.05, 4.69) is 12.2 Å². The highest BCUT2D eigenvalue weighted by Crippen LogP contribution is 2.23. The maximum atomic E-state index is 12.2. The molecule has 0 spiro atoms. The Labute approximate surface area is 108 Å². The van der Waals surface area contributed by atoms with E-state index >= 15 is 0 Å². The van der Waals surface area contributed by atoms with Gasteiger partial charge in [-0.1, -0.05) is 6.92 Å². The molecule has 6 heteroatoms. The summed E-state index contributed by atoms with van der Waals surface area (Å²) in [6.07, 6.45) is 3.21. The van der Waals surface area contributed by atoms with Crippen LogP contribution in [0.3, 0.4) is 0 Å². The Morgan fingerprint density at radius 1 is 1.44 bits per heavy atom. The van der Waals surface area contributed by atoms with Crippen LogP contribution in [0.1, 0.15) is 19.8 Å². The highest BCUT2D eigenvalue weighted by molar-refractivity contribution is 7.89. The lowest BCUT2D eigenvalue weighted by molar-refractivity contribution is 0.263. The van der Waals surface area contributed by atoms with Gasteiger partial charge in [-0.2, -0.15) is 4.31 Å². The standard InChI is InChI=1S/C12H20N2O3S/c1-2-13-10-11-5-7-14(8-6-11)18(15,16)12-4-3-9-17-12/h3-4,9,11,13H,2,5-8,10H2,1H3. The van der Waals surface area contributed by atoms with E-state index < -0.39 is 10.0 Å². The summed E-state index contributed by atoms with van der Waals surface area (Å²) in [4.78, 5) is 0. The number of hydrogen-bond donors (Lipinski definition) is 1. The summed E-state index contributed by atoms with van der Waals surface area (Å²) in [7, 11) is -3.42. The molecule has 2 heterocycles. The first-order valence-corrected chi connectivity index (χ1v) is 7.83. The van der Waals surface area contributed by atoms with Crippen LogP contribution in [0.4, 0.5) is 0 Å². The van der Waals surface area contributed by atoms with Gasteiger partial charge < -0.3 is 9.73 Å². The van der Waals surface area contributed by atoms with Gasteiger partial charge in [0.25, 0.3) is 10.0 Å². The van der Waals surface area contributed by atoms with Crippen LogP contribution < -0.4 is 5.32 Å². The summed E-state index contributed by atoms with van der Waals surface area (Å²) in [6.45, 7) is 5.19. The monoisotopic (exact) mass is 272 g/mol. The van der Waals surface area contributed by atoms with Gasteiger partial charge in [0.15, 0.2) is 0 Å². The summed E-state index contributed by atoms with van der Waals surface area (Å²) in [5.41, 5.74) is 0. The van der Waals surface area contributed by atoms with Gasteiger partial charge in [0.05, 0.1) is 6.26 Å². The van der Waals surface area contributed by atoms with Crippen molar-refractivity contribution in [3.8, 4) is 0 Å². The number of nitrogens with one attached hydrogen (secondary N) is 1. The molecular weight excluding hydrogens is 252 g/mol. The zero-order valence-electron chi connectivity index (χ0n) is 10.6. The van der Waals surface area contributed by atoms with Crippen LogP contribution in [0.5, 0.6) is 0 Å². The van der Waals surface area contributed by atoms with Crippen molar-refractivity contribution in [3.05, 3.63) is 18.4 Å². The van der Waals surface area contributed by atoms with Gasteiger partial charge >= 0.3 is 0 Å². The maximum Gasteiger partial charge on any atom is 0.276 e. The smallest absolute Gasteiger partial charge is 0.276 e. The molecule has 0 amide bonds. The van der Waals surface area contributed by atoms with Gasteiger partial charge in [-0.25, -0.2) is 8.42 Å². The largest absolute Gasteiger partial charge is 0.452 e. The number of piperidine rings is 1. The Bertz CT molecular complexity index is 448. The second-order valence-corrected chi connectivity index (χ2v) is 6.46. The molecule has 0 atom stereocenters. The molecule has 5 nitrogen and oxygen atoms in total. The van der Waals surface area contributed by atoms with Gasteiger partial charge in [-0.15, -0.1) is 0 Å². The van der Waals surface area contributed by atoms with E-state index in [1.54, 1.807) is 6.07 Å². The Morgan fingerprint density at radius 3 is 2.72 bits per heavy atom. The summed E-state index contributed by atoms with van der Waals surface area (Å²) in [5.74, 6) is 0.577. The molecule has 2 rings (SSSR count). The van der Waals surface area contributed by atoms with Crippen LogP contribution in [0.25, 0.3) is 0 Å². The van der Waals surface area contributed by atoms with Crippen molar-refractivity contribution in [2.45, 2.75) is 24.9 Å². The van der Waals surface area contributed by atoms with Crippen molar-refractivity contribution < 1.29 is 12.8 Å². The number of sulfonamides is 1. The van der Waals surface area contributed by atoms with E-state index in [9.17, 15) is 8.42 Å². The second-order valence-electron chi connectivity index (χ2n) is 4.59. The van der Waals surface area contributed by atoms with Crippen LogP contribution in [0.2, 0.25) is 0 Å². The summed E-state index contributed by atoms with van der Waals surface area (Å²) in [5, 5.41) is 3.36. The Balaban J connectivity index is 1.94. The number of nitrogens with zero attached hydrogens (tertiary/aromatic N) is 1. The van der Waals surface area contributed by atoms with Crippen molar-refractivity contribution in [1.82, 2.24) is 9.62 Å². The molecule has 0 unspecified atom stereocenters. The third-order valence-electron chi connectivity index (χ3n) is 3.35. The molecule has 1 aliphatic rings. The van der Waals surface area contributed by atoms with E-state index in [1.807, 2.05) is 0 Å². The fraction of sp³-hybridized carbons (Fsp3) is 0.667. The molecular formula is C12H20N2O3S. The lowest BCUT2D eigenvalue weighted by Crippen LogP contribution is -2.40. The van der Waals surface area contributed by atoms with Gasteiger partial charge in [0.2, 0.25) is 5.09 Å². The molecule has 0 aromatic carbocycles. The fourth-order valence-electron chi connectivity index (χ4n) is 2.24. The van der Waals surface area contributed by atoms with E-state index in [-0.39, 0.29) is 5.09 Å². The van der Waals surface area contributed by atoms with Crippen molar-refractivity contribution >= 4 is 10.0 Å². The van der Waals surface area contributed by atoms with Crippen molar-refractivity contribution in [3.63, 3.8) is 0 Å². The van der Waals surface area contributed by atoms with Crippen LogP contribution in [0.15, 0.2) is 27.9 Å². The lowest BCUT2D eigenvalue weighted by Gasteiger charge is -2.30. The van der Waals surface area contributed by atoms with Crippen LogP contribution in [0, 0.1) is 5.92 Å². The molecule has 1 fully saturated rings. The minimum atomic E-state index is -3.42. The molecule has 1 aliphatic heterocycles. The predicted octanol–water partition coefficient (Wildman–Crippen LogP) is 1.29. The quantitative estimate of drug-likeness (QED) is 0.877. The number of rotatable bonds is 5. The zero-order valence-corrected chi connectivity index (χ0v) is 11.4. The molecule has 1 aromatic rings. The van der Waals surface area contributed by atoms with E-state index in [4.69, 9.17) is 4.42 Å². The molecule has 1 N–H and O–H groups in total. The van der Waals surface area contributed by atoms with Crippen molar-refractivity contribution in [2.24, 2.45) is 5.92 Å². The van der Waals surface area contributed by atoms with Gasteiger partial charge in [-0.3, -0.25) is 0 Å². The van der Waals surface area contributed by atoms with Crippen molar-refractivity contribution in [2.75, 3.05) is 26.2 Å². The summed E-state index contributed by atoms with van der Waals surface area (Å²) >= 11 is 0. The van der Waals surface area contributed by atoms with Crippen molar-refractivity contribution in [1.29, 1.82) is 0 Å². The van der Waals surface area contributed by atoms with E-state index in [0.29, 0.717) is 19.0 Å². The zero-order chi connectivity index (χ0) is 13.0. The summed E-state index contributed by atoms with van der Waals surface area (Å²) < 4.78 is 30.9. The number of furan rings is 1. The minimum absolute atomic E-state index is 0.0487. The molecule has 0 bridgehead atoms. The molecule has 0 saturated carbocycles. The van der Waals surface area contributed by atoms with Gasteiger partial charge in [0, 0.05) is 13.1 Å². The second kappa shape index (κ2) is 5.86. The Morgan fingerprint density at radius 2 is 2.17 bits per heavy atom. The van der Waals surface area contributed by atoms with Crippen LogP contribution >= 0.6 is 0 Å². The molecule has 1 aromatic heterocycles. The first-order valence-electron chi connectivity index (χ1n) is 6.39. The summed E-state index contributed by atoms with van der Waals surface area (Å²) in [6, 6.07) is 3.10. The van der Waals surface area contributed by atoms with Gasteiger partial charge in [-0.05, 0) is 44.0 Å². The predicted molar refractivity (Wildman–Crippen MR) is 68.7 cm³/mol. The molecule has 0 radical (unpaired) electrons. The molecule has 102 valence electrons. The first kappa shape index (κ1) is 13.6. The highest BCUT2D eigenvalue weighted by atomic mass is 32.2. The SMILES string of the molecule is CCNCC1CCN(S(=O)(=O)c2ccco2)CC1. The first-order chi connectivity index (χ1) is 8.64. The topological polar surface area (TPSA) is 62.6 Å². The average Bonchev–Trinajstić information content (AvgIpc) is 2.91. The third kappa shape index (κ3) is 2.93. The maximum absolute atomic E-state index is 12.2. The highest BCUT2D eigenvalue weighted by Gasteiger charge is 2.30. The van der Waals surface area contributed by atoms with Gasteiger partial charge in [0.1, 0.15) is 0 Å². The Kier molecular flexibility index (Phi) is 4.42. The van der Waals surface area contributed by atoms with E-state index in [0.717, 1.165) is 25.9 Å². The van der Waals surface area contributed by atoms with Crippen LogP contribution in [-0.2, 0) is 10.0 Å². The van der Waals surface area contributed by atoms with E-state index in [1.165, 1.54) is 16.6 Å².